The molecule has 188 valence electrons. The van der Waals surface area contributed by atoms with E-state index in [1.165, 1.54) is 0 Å². The molecule has 0 saturated carbocycles. The van der Waals surface area contributed by atoms with Crippen LogP contribution in [0, 0.1) is 5.92 Å². The average molecular weight is 498 g/mol. The number of rotatable bonds is 8. The highest BCUT2D eigenvalue weighted by Gasteiger charge is 2.32. The lowest BCUT2D eigenvalue weighted by Gasteiger charge is -2.31. The second-order valence-electron chi connectivity index (χ2n) is 8.92. The molecule has 14 heteroatoms. The molecule has 1 fully saturated rings. The Morgan fingerprint density at radius 2 is 1.79 bits per heavy atom. The van der Waals surface area contributed by atoms with E-state index in [9.17, 15) is 26.4 Å². The van der Waals surface area contributed by atoms with E-state index in [1.807, 2.05) is 0 Å². The summed E-state index contributed by atoms with van der Waals surface area (Å²) in [7, 11) is -3.73. The van der Waals surface area contributed by atoms with Gasteiger partial charge in [-0.3, -0.25) is 4.84 Å². The first-order valence-electron chi connectivity index (χ1n) is 10.4. The molecule has 10 nitrogen and oxygen atoms in total. The molecule has 1 aromatic heterocycles. The van der Waals surface area contributed by atoms with Gasteiger partial charge in [0.1, 0.15) is 5.60 Å². The van der Waals surface area contributed by atoms with Gasteiger partial charge in [-0.05, 0) is 46.5 Å². The van der Waals surface area contributed by atoms with Gasteiger partial charge >= 0.3 is 12.3 Å². The van der Waals surface area contributed by atoms with Crippen LogP contribution in [0.4, 0.5) is 23.9 Å². The molecule has 1 aromatic rings. The zero-order chi connectivity index (χ0) is 24.9. The van der Waals surface area contributed by atoms with Crippen molar-refractivity contribution in [3.05, 3.63) is 18.0 Å². The fraction of sp³-hybridized carbons (Fsp3) is 0.737. The number of sulfonamides is 1. The molecule has 0 spiro atoms. The highest BCUT2D eigenvalue weighted by molar-refractivity contribution is 7.89. The number of hydrogen-bond donors (Lipinski definition) is 2. The lowest BCUT2D eigenvalue weighted by atomic mass is 9.99. The summed E-state index contributed by atoms with van der Waals surface area (Å²) < 4.78 is 67.6. The molecule has 0 aromatic carbocycles. The quantitative estimate of drug-likeness (QED) is 0.525. The van der Waals surface area contributed by atoms with E-state index in [0.717, 1.165) is 12.4 Å². The average Bonchev–Trinajstić information content (AvgIpc) is 2.66. The second-order valence-corrected chi connectivity index (χ2v) is 10.7. The number of alkyl carbamates (subject to hydrolysis) is 1. The first kappa shape index (κ1) is 27.1. The van der Waals surface area contributed by atoms with Crippen LogP contribution in [0.15, 0.2) is 12.4 Å². The van der Waals surface area contributed by atoms with Crippen molar-refractivity contribution in [2.45, 2.75) is 58.4 Å². The van der Waals surface area contributed by atoms with E-state index in [4.69, 9.17) is 9.57 Å². The summed E-state index contributed by atoms with van der Waals surface area (Å²) in [4.78, 5) is 28.0. The van der Waals surface area contributed by atoms with Crippen molar-refractivity contribution >= 4 is 22.1 Å². The largest absolute Gasteiger partial charge is 0.444 e. The first-order valence-corrected chi connectivity index (χ1v) is 12.0. The Hall–Kier alpha value is -2.19. The molecule has 1 aliphatic rings. The van der Waals surface area contributed by atoms with Crippen molar-refractivity contribution in [2.75, 3.05) is 30.3 Å². The number of nitrogens with one attached hydrogen (secondary N) is 2. The molecule has 1 saturated heterocycles. The van der Waals surface area contributed by atoms with Gasteiger partial charge in [0.05, 0.1) is 24.0 Å². The van der Waals surface area contributed by atoms with Crippen LogP contribution in [0.2, 0.25) is 0 Å². The molecule has 0 radical (unpaired) electrons. The molecule has 2 rings (SSSR count). The maximum atomic E-state index is 12.6. The van der Waals surface area contributed by atoms with Crippen LogP contribution in [-0.4, -0.2) is 61.6 Å². The lowest BCUT2D eigenvalue weighted by Crippen LogP contribution is -2.42. The van der Waals surface area contributed by atoms with E-state index in [2.05, 4.69) is 20.2 Å². The number of ether oxygens (including phenoxy) is 1. The number of carbonyl (C=O) groups is 1. The number of alkyl halides is 3. The monoisotopic (exact) mass is 497 g/mol. The van der Waals surface area contributed by atoms with Gasteiger partial charge in [0.25, 0.3) is 0 Å². The van der Waals surface area contributed by atoms with Crippen molar-refractivity contribution in [2.24, 2.45) is 5.92 Å². The third-order valence-electron chi connectivity index (χ3n) is 4.60. The molecule has 0 bridgehead atoms. The SMILES string of the molecule is CC(CONS(=O)(=O)CC1CCN(c2ncc(C(F)(F)F)cn2)CC1)NC(=O)OC(C)(C)C. The highest BCUT2D eigenvalue weighted by atomic mass is 32.2. The van der Waals surface area contributed by atoms with Gasteiger partial charge in [-0.2, -0.15) is 13.2 Å². The topological polar surface area (TPSA) is 123 Å². The van der Waals surface area contributed by atoms with Crippen molar-refractivity contribution in [1.29, 1.82) is 0 Å². The summed E-state index contributed by atoms with van der Waals surface area (Å²) in [5.41, 5.74) is -1.57. The number of amides is 1. The molecule has 1 atom stereocenters. The van der Waals surface area contributed by atoms with E-state index in [1.54, 1.807) is 32.6 Å². The van der Waals surface area contributed by atoms with Gasteiger partial charge in [0.15, 0.2) is 0 Å². The lowest BCUT2D eigenvalue weighted by molar-refractivity contribution is -0.138. The Bertz CT molecular complexity index is 883. The smallest absolute Gasteiger partial charge is 0.419 e. The predicted octanol–water partition coefficient (Wildman–Crippen LogP) is 2.48. The molecule has 2 heterocycles. The van der Waals surface area contributed by atoms with Gasteiger partial charge in [0, 0.05) is 25.5 Å². The molecule has 1 amide bonds. The minimum absolute atomic E-state index is 0.0951. The van der Waals surface area contributed by atoms with Crippen molar-refractivity contribution in [3.8, 4) is 0 Å². The van der Waals surface area contributed by atoms with Crippen molar-refractivity contribution in [1.82, 2.24) is 20.2 Å². The minimum Gasteiger partial charge on any atom is -0.444 e. The summed E-state index contributed by atoms with van der Waals surface area (Å²) in [6.45, 7) is 7.56. The van der Waals surface area contributed by atoms with Gasteiger partial charge < -0.3 is 15.0 Å². The zero-order valence-electron chi connectivity index (χ0n) is 19.0. The van der Waals surface area contributed by atoms with E-state index in [0.29, 0.717) is 25.9 Å². The zero-order valence-corrected chi connectivity index (χ0v) is 19.8. The normalized spacial score (nSPS) is 17.0. The summed E-state index contributed by atoms with van der Waals surface area (Å²) in [6.07, 6.45) is -2.66. The maximum Gasteiger partial charge on any atom is 0.419 e. The highest BCUT2D eigenvalue weighted by Crippen LogP contribution is 2.29. The second kappa shape index (κ2) is 10.8. The number of piperidine rings is 1. The summed E-state index contributed by atoms with van der Waals surface area (Å²) in [5, 5.41) is 2.54. The number of aromatic nitrogens is 2. The molecule has 2 N–H and O–H groups in total. The fourth-order valence-electron chi connectivity index (χ4n) is 3.07. The molecule has 1 unspecified atom stereocenters. The molecule has 1 aliphatic heterocycles. The minimum atomic E-state index is -4.50. The predicted molar refractivity (Wildman–Crippen MR) is 114 cm³/mol. The van der Waals surface area contributed by atoms with Crippen LogP contribution in [0.5, 0.6) is 0 Å². The van der Waals surface area contributed by atoms with Gasteiger partial charge in [-0.1, -0.05) is 4.89 Å². The van der Waals surface area contributed by atoms with E-state index < -0.39 is 39.5 Å². The fourth-order valence-corrected chi connectivity index (χ4v) is 4.34. The number of hydrogen-bond acceptors (Lipinski definition) is 8. The Morgan fingerprint density at radius 3 is 2.30 bits per heavy atom. The number of anilines is 1. The summed E-state index contributed by atoms with van der Waals surface area (Å²) >= 11 is 0. The van der Waals surface area contributed by atoms with Crippen molar-refractivity contribution < 1.29 is 36.0 Å². The maximum absolute atomic E-state index is 12.6. The molecule has 0 aliphatic carbocycles. The van der Waals surface area contributed by atoms with Crippen LogP contribution in [0.3, 0.4) is 0 Å². The molecular formula is C19H30F3N5O5S. The van der Waals surface area contributed by atoms with Gasteiger partial charge in [-0.25, -0.2) is 23.2 Å². The molecular weight excluding hydrogens is 467 g/mol. The van der Waals surface area contributed by atoms with E-state index in [-0.39, 0.29) is 24.2 Å². The third-order valence-corrected chi connectivity index (χ3v) is 5.88. The third kappa shape index (κ3) is 9.68. The van der Waals surface area contributed by atoms with Crippen LogP contribution in [0.25, 0.3) is 0 Å². The number of halogens is 3. The summed E-state index contributed by atoms with van der Waals surface area (Å²) in [6, 6.07) is -0.491. The van der Waals surface area contributed by atoms with Crippen LogP contribution < -0.4 is 15.1 Å². The summed E-state index contributed by atoms with van der Waals surface area (Å²) in [5.74, 6) is -0.144. The number of nitrogens with zero attached hydrogens (tertiary/aromatic N) is 3. The standard InChI is InChI=1S/C19H30F3N5O5S/c1-13(25-17(28)32-18(2,3)4)11-31-26-33(29,30)12-14-5-7-27(8-6-14)16-23-9-15(10-24-16)19(20,21)22/h9-10,13-14,26H,5-8,11-12H2,1-4H3,(H,25,28). The van der Waals surface area contributed by atoms with Crippen LogP contribution in [-0.2, 0) is 25.8 Å². The Labute approximate surface area is 191 Å². The Morgan fingerprint density at radius 1 is 1.21 bits per heavy atom. The van der Waals surface area contributed by atoms with Crippen LogP contribution >= 0.6 is 0 Å². The van der Waals surface area contributed by atoms with Gasteiger partial charge in [-0.15, -0.1) is 0 Å². The van der Waals surface area contributed by atoms with Crippen molar-refractivity contribution in [3.63, 3.8) is 0 Å². The van der Waals surface area contributed by atoms with Gasteiger partial charge in [0.2, 0.25) is 16.0 Å². The Kier molecular flexibility index (Phi) is 8.88. The van der Waals surface area contributed by atoms with E-state index >= 15 is 0 Å². The van der Waals surface area contributed by atoms with Crippen LogP contribution in [0.1, 0.15) is 46.1 Å². The Balaban J connectivity index is 1.73. The number of carbonyl (C=O) groups excluding carboxylic acids is 1. The first-order chi connectivity index (χ1) is 15.1. The molecule has 33 heavy (non-hydrogen) atoms.